The largest absolute Gasteiger partial charge is 0.326 e. The van der Waals surface area contributed by atoms with Gasteiger partial charge < -0.3 is 5.73 Å². The van der Waals surface area contributed by atoms with E-state index in [0.717, 1.165) is 19.5 Å². The maximum Gasteiger partial charge on any atom is 0.0766 e. The minimum absolute atomic E-state index is 0.117. The molecule has 0 bridgehead atoms. The monoisotopic (exact) mass is 152 g/mol. The van der Waals surface area contributed by atoms with Gasteiger partial charge in [-0.25, -0.2) is 0 Å². The minimum atomic E-state index is -0.117. The first-order valence-corrected chi connectivity index (χ1v) is 4.04. The fraction of sp³-hybridized carbons (Fsp3) is 0.778. The van der Waals surface area contributed by atoms with Gasteiger partial charge in [0.15, 0.2) is 0 Å². The zero-order valence-corrected chi connectivity index (χ0v) is 7.30. The third kappa shape index (κ3) is 1.74. The van der Waals surface area contributed by atoms with E-state index in [1.165, 1.54) is 0 Å². The molecule has 0 aliphatic carbocycles. The Kier molecular flexibility index (Phi) is 2.22. The van der Waals surface area contributed by atoms with Crippen molar-refractivity contribution in [1.29, 1.82) is 0 Å². The molecule has 1 heterocycles. The van der Waals surface area contributed by atoms with E-state index in [1.54, 1.807) is 0 Å². The summed E-state index contributed by atoms with van der Waals surface area (Å²) >= 11 is 0. The summed E-state index contributed by atoms with van der Waals surface area (Å²) < 4.78 is 0. The van der Waals surface area contributed by atoms with Crippen LogP contribution in [0.4, 0.5) is 0 Å². The maximum absolute atomic E-state index is 5.77. The van der Waals surface area contributed by atoms with Crippen LogP contribution in [0.3, 0.4) is 0 Å². The Morgan fingerprint density at radius 1 is 1.64 bits per heavy atom. The average Bonchev–Trinajstić information content (AvgIpc) is 2.36. The van der Waals surface area contributed by atoms with Gasteiger partial charge in [-0.2, -0.15) is 0 Å². The number of hydrogen-bond acceptors (Lipinski definition) is 2. The zero-order chi connectivity index (χ0) is 8.48. The van der Waals surface area contributed by atoms with Gasteiger partial charge in [-0.3, -0.25) is 4.90 Å². The third-order valence-corrected chi connectivity index (χ3v) is 2.37. The van der Waals surface area contributed by atoms with Crippen molar-refractivity contribution >= 4 is 0 Å². The Hall–Kier alpha value is -0.520. The van der Waals surface area contributed by atoms with Gasteiger partial charge in [-0.05, 0) is 20.3 Å². The molecule has 2 N–H and O–H groups in total. The molecule has 0 amide bonds. The molecule has 0 aromatic heterocycles. The van der Waals surface area contributed by atoms with Crippen LogP contribution in [-0.2, 0) is 0 Å². The van der Waals surface area contributed by atoms with Crippen LogP contribution < -0.4 is 5.73 Å². The Morgan fingerprint density at radius 2 is 2.27 bits per heavy atom. The summed E-state index contributed by atoms with van der Waals surface area (Å²) in [7, 11) is 0. The second-order valence-corrected chi connectivity index (χ2v) is 3.70. The lowest BCUT2D eigenvalue weighted by atomic mass is 10.1. The predicted molar refractivity (Wildman–Crippen MR) is 47.1 cm³/mol. The van der Waals surface area contributed by atoms with E-state index in [2.05, 4.69) is 24.7 Å². The van der Waals surface area contributed by atoms with Crippen LogP contribution in [0.25, 0.3) is 0 Å². The lowest BCUT2D eigenvalue weighted by molar-refractivity contribution is 0.211. The van der Waals surface area contributed by atoms with Gasteiger partial charge in [0.1, 0.15) is 0 Å². The van der Waals surface area contributed by atoms with E-state index in [4.69, 9.17) is 12.2 Å². The lowest BCUT2D eigenvalue weighted by Crippen LogP contribution is -2.42. The third-order valence-electron chi connectivity index (χ3n) is 2.37. The van der Waals surface area contributed by atoms with E-state index in [-0.39, 0.29) is 5.54 Å². The molecule has 1 unspecified atom stereocenters. The van der Waals surface area contributed by atoms with Crippen LogP contribution in [0.5, 0.6) is 0 Å². The zero-order valence-electron chi connectivity index (χ0n) is 7.30. The van der Waals surface area contributed by atoms with E-state index in [0.29, 0.717) is 6.04 Å². The summed E-state index contributed by atoms with van der Waals surface area (Å²) in [5.74, 6) is 2.77. The molecule has 0 saturated carbocycles. The predicted octanol–water partition coefficient (Wildman–Crippen LogP) is 0.431. The van der Waals surface area contributed by atoms with E-state index in [1.807, 2.05) is 0 Å². The summed E-state index contributed by atoms with van der Waals surface area (Å²) in [5, 5.41) is 0. The first kappa shape index (κ1) is 8.58. The highest BCUT2D eigenvalue weighted by Gasteiger charge is 2.30. The Bertz CT molecular complexity index is 178. The lowest BCUT2D eigenvalue weighted by Gasteiger charge is -2.30. The molecule has 1 fully saturated rings. The fourth-order valence-electron chi connectivity index (χ4n) is 1.39. The summed E-state index contributed by atoms with van der Waals surface area (Å²) in [6.07, 6.45) is 6.47. The fourth-order valence-corrected chi connectivity index (χ4v) is 1.39. The molecule has 0 radical (unpaired) electrons. The molecule has 11 heavy (non-hydrogen) atoms. The number of hydrogen-bond donors (Lipinski definition) is 1. The highest BCUT2D eigenvalue weighted by Crippen LogP contribution is 2.18. The number of nitrogens with two attached hydrogens (primary N) is 1. The Morgan fingerprint density at radius 3 is 2.64 bits per heavy atom. The van der Waals surface area contributed by atoms with Crippen molar-refractivity contribution < 1.29 is 0 Å². The van der Waals surface area contributed by atoms with Gasteiger partial charge in [0, 0.05) is 19.1 Å². The maximum atomic E-state index is 5.77. The van der Waals surface area contributed by atoms with E-state index >= 15 is 0 Å². The van der Waals surface area contributed by atoms with Crippen molar-refractivity contribution in [2.45, 2.75) is 31.8 Å². The minimum Gasteiger partial charge on any atom is -0.326 e. The summed E-state index contributed by atoms with van der Waals surface area (Å²) in [6, 6.07) is 0.322. The molecule has 1 rings (SSSR count). The van der Waals surface area contributed by atoms with Crippen molar-refractivity contribution in [2.75, 3.05) is 13.1 Å². The van der Waals surface area contributed by atoms with Crippen molar-refractivity contribution in [3.8, 4) is 12.3 Å². The molecule has 0 aromatic rings. The average molecular weight is 152 g/mol. The Balaban J connectivity index is 2.57. The summed E-state index contributed by atoms with van der Waals surface area (Å²) in [5.41, 5.74) is 5.65. The molecule has 1 saturated heterocycles. The smallest absolute Gasteiger partial charge is 0.0766 e. The SMILES string of the molecule is C#CC(C)(C)N1CCC(N)C1. The van der Waals surface area contributed by atoms with Gasteiger partial charge >= 0.3 is 0 Å². The molecule has 0 aromatic carbocycles. The Labute approximate surface area is 68.8 Å². The number of likely N-dealkylation sites (tertiary alicyclic amines) is 1. The van der Waals surface area contributed by atoms with Crippen LogP contribution in [0.1, 0.15) is 20.3 Å². The van der Waals surface area contributed by atoms with Crippen LogP contribution in [0.15, 0.2) is 0 Å². The molecular formula is C9H16N2. The van der Waals surface area contributed by atoms with Gasteiger partial charge in [0.05, 0.1) is 5.54 Å². The van der Waals surface area contributed by atoms with Crippen molar-refractivity contribution in [3.05, 3.63) is 0 Å². The van der Waals surface area contributed by atoms with Gasteiger partial charge in [0.25, 0.3) is 0 Å². The molecule has 1 aliphatic heterocycles. The number of nitrogens with zero attached hydrogens (tertiary/aromatic N) is 1. The molecular weight excluding hydrogens is 136 g/mol. The first-order chi connectivity index (χ1) is 5.06. The van der Waals surface area contributed by atoms with Gasteiger partial charge in [-0.15, -0.1) is 6.42 Å². The van der Waals surface area contributed by atoms with Gasteiger partial charge in [-0.1, -0.05) is 5.92 Å². The number of rotatable bonds is 1. The highest BCUT2D eigenvalue weighted by molar-refractivity contribution is 5.10. The van der Waals surface area contributed by atoms with Crippen molar-refractivity contribution in [2.24, 2.45) is 5.73 Å². The number of terminal acetylenes is 1. The second kappa shape index (κ2) is 2.84. The van der Waals surface area contributed by atoms with Gasteiger partial charge in [0.2, 0.25) is 0 Å². The van der Waals surface area contributed by atoms with Crippen molar-refractivity contribution in [3.63, 3.8) is 0 Å². The second-order valence-electron chi connectivity index (χ2n) is 3.70. The highest BCUT2D eigenvalue weighted by atomic mass is 15.2. The molecule has 62 valence electrons. The normalized spacial score (nSPS) is 26.9. The molecule has 1 atom stereocenters. The molecule has 0 spiro atoms. The van der Waals surface area contributed by atoms with Crippen LogP contribution in [-0.4, -0.2) is 29.6 Å². The standard InChI is InChI=1S/C9H16N2/c1-4-9(2,3)11-6-5-8(10)7-11/h1,8H,5-7,10H2,2-3H3. The van der Waals surface area contributed by atoms with Crippen LogP contribution in [0.2, 0.25) is 0 Å². The van der Waals surface area contributed by atoms with Crippen LogP contribution >= 0.6 is 0 Å². The molecule has 1 aliphatic rings. The summed E-state index contributed by atoms with van der Waals surface area (Å²) in [6.45, 7) is 6.10. The molecule has 2 nitrogen and oxygen atoms in total. The van der Waals surface area contributed by atoms with E-state index in [9.17, 15) is 0 Å². The quantitative estimate of drug-likeness (QED) is 0.552. The van der Waals surface area contributed by atoms with Crippen molar-refractivity contribution in [1.82, 2.24) is 4.90 Å². The van der Waals surface area contributed by atoms with Crippen LogP contribution in [0, 0.1) is 12.3 Å². The topological polar surface area (TPSA) is 29.3 Å². The summed E-state index contributed by atoms with van der Waals surface area (Å²) in [4.78, 5) is 2.26. The molecule has 2 heteroatoms. The van der Waals surface area contributed by atoms with E-state index < -0.39 is 0 Å². The first-order valence-electron chi connectivity index (χ1n) is 4.04.